The van der Waals surface area contributed by atoms with E-state index in [-0.39, 0.29) is 18.5 Å². The third kappa shape index (κ3) is 4.03. The molecule has 0 radical (unpaired) electrons. The molecule has 0 aromatic heterocycles. The minimum absolute atomic E-state index is 0.00993. The van der Waals surface area contributed by atoms with Crippen LogP contribution in [0.1, 0.15) is 11.1 Å². The fourth-order valence-corrected chi connectivity index (χ4v) is 3.20. The molecule has 0 saturated carbocycles. The summed E-state index contributed by atoms with van der Waals surface area (Å²) in [5, 5.41) is 2.90. The van der Waals surface area contributed by atoms with Crippen LogP contribution in [0.2, 0.25) is 0 Å². The third-order valence-corrected chi connectivity index (χ3v) is 4.78. The maximum absolute atomic E-state index is 12.8. The number of ether oxygens (including phenoxy) is 2. The smallest absolute Gasteiger partial charge is 0.325 e. The maximum atomic E-state index is 12.8. The lowest BCUT2D eigenvalue weighted by atomic mass is 10.1. The number of rotatable bonds is 6. The molecule has 0 unspecified atom stereocenters. The number of methoxy groups -OCH3 is 2. The van der Waals surface area contributed by atoms with E-state index in [4.69, 9.17) is 9.47 Å². The largest absolute Gasteiger partial charge is 0.493 e. The summed E-state index contributed by atoms with van der Waals surface area (Å²) >= 11 is 0. The number of carbonyl (C=O) groups is 2. The van der Waals surface area contributed by atoms with E-state index in [1.807, 2.05) is 32.0 Å². The average molecular weight is 383 g/mol. The van der Waals surface area contributed by atoms with Crippen molar-refractivity contribution in [3.8, 4) is 11.5 Å². The molecule has 3 amide bonds. The summed E-state index contributed by atoms with van der Waals surface area (Å²) in [5.74, 6) is 0.942. The van der Waals surface area contributed by atoms with Crippen LogP contribution in [0.4, 0.5) is 16.2 Å². The van der Waals surface area contributed by atoms with Crippen LogP contribution < -0.4 is 19.7 Å². The standard InChI is InChI=1S/C21H25N3O4/c1-14-5-6-15(2)17(11-14)22-20(25)13-23-9-10-24(21(23)26)16-7-8-18(27-3)19(12-16)28-4/h5-8,11-12H,9-10,13H2,1-4H3,(H,22,25). The number of urea groups is 1. The minimum Gasteiger partial charge on any atom is -0.493 e. The first-order valence-electron chi connectivity index (χ1n) is 9.08. The van der Waals surface area contributed by atoms with Crippen LogP contribution in [-0.2, 0) is 4.79 Å². The lowest BCUT2D eigenvalue weighted by molar-refractivity contribution is -0.116. The van der Waals surface area contributed by atoms with E-state index in [2.05, 4.69) is 5.32 Å². The number of hydrogen-bond acceptors (Lipinski definition) is 4. The van der Waals surface area contributed by atoms with Gasteiger partial charge in [-0.1, -0.05) is 12.1 Å². The molecule has 1 heterocycles. The lowest BCUT2D eigenvalue weighted by Crippen LogP contribution is -2.37. The molecule has 3 rings (SSSR count). The first-order chi connectivity index (χ1) is 13.4. The highest BCUT2D eigenvalue weighted by atomic mass is 16.5. The van der Waals surface area contributed by atoms with Crippen LogP contribution in [0.5, 0.6) is 11.5 Å². The monoisotopic (exact) mass is 383 g/mol. The molecular formula is C21H25N3O4. The Bertz CT molecular complexity index is 897. The topological polar surface area (TPSA) is 71.1 Å². The van der Waals surface area contributed by atoms with E-state index in [0.29, 0.717) is 30.3 Å². The van der Waals surface area contributed by atoms with Crippen molar-refractivity contribution in [2.45, 2.75) is 13.8 Å². The normalized spacial score (nSPS) is 13.6. The summed E-state index contributed by atoms with van der Waals surface area (Å²) in [7, 11) is 3.12. The highest BCUT2D eigenvalue weighted by Gasteiger charge is 2.31. The summed E-state index contributed by atoms with van der Waals surface area (Å²) in [4.78, 5) is 28.4. The van der Waals surface area contributed by atoms with Gasteiger partial charge in [-0.25, -0.2) is 4.79 Å². The molecule has 1 aliphatic rings. The van der Waals surface area contributed by atoms with E-state index in [1.54, 1.807) is 37.3 Å². The summed E-state index contributed by atoms with van der Waals surface area (Å²) in [5.41, 5.74) is 3.53. The molecule has 0 aliphatic carbocycles. The molecule has 1 N–H and O–H groups in total. The quantitative estimate of drug-likeness (QED) is 0.832. The summed E-state index contributed by atoms with van der Waals surface area (Å²) in [6.45, 7) is 4.91. The van der Waals surface area contributed by atoms with E-state index in [0.717, 1.165) is 16.8 Å². The van der Waals surface area contributed by atoms with Crippen LogP contribution in [-0.4, -0.2) is 50.7 Å². The molecule has 2 aromatic carbocycles. The second kappa shape index (κ2) is 8.21. The molecule has 0 atom stereocenters. The second-order valence-electron chi connectivity index (χ2n) is 6.76. The summed E-state index contributed by atoms with van der Waals surface area (Å²) in [6, 6.07) is 11.0. The number of benzene rings is 2. The van der Waals surface area contributed by atoms with Gasteiger partial charge >= 0.3 is 6.03 Å². The van der Waals surface area contributed by atoms with Gasteiger partial charge in [-0.3, -0.25) is 9.69 Å². The van der Waals surface area contributed by atoms with E-state index in [1.165, 1.54) is 4.90 Å². The molecule has 1 fully saturated rings. The van der Waals surface area contributed by atoms with Gasteiger partial charge in [0.05, 0.1) is 14.2 Å². The zero-order valence-electron chi connectivity index (χ0n) is 16.6. The zero-order chi connectivity index (χ0) is 20.3. The van der Waals surface area contributed by atoms with Crippen molar-refractivity contribution in [3.63, 3.8) is 0 Å². The summed E-state index contributed by atoms with van der Waals surface area (Å²) in [6.07, 6.45) is 0. The average Bonchev–Trinajstić information content (AvgIpc) is 3.04. The Morgan fingerprint density at radius 3 is 2.50 bits per heavy atom. The number of nitrogens with one attached hydrogen (secondary N) is 1. The molecule has 148 valence electrons. The van der Waals surface area contributed by atoms with Gasteiger partial charge in [-0.2, -0.15) is 0 Å². The Morgan fingerprint density at radius 1 is 1.04 bits per heavy atom. The van der Waals surface area contributed by atoms with Gasteiger partial charge < -0.3 is 19.7 Å². The van der Waals surface area contributed by atoms with E-state index < -0.39 is 0 Å². The first kappa shape index (κ1) is 19.5. The Balaban J connectivity index is 1.67. The molecule has 0 bridgehead atoms. The minimum atomic E-state index is -0.212. The maximum Gasteiger partial charge on any atom is 0.325 e. The summed E-state index contributed by atoms with van der Waals surface area (Å²) < 4.78 is 10.5. The number of aryl methyl sites for hydroxylation is 2. The Kier molecular flexibility index (Phi) is 5.73. The number of hydrogen-bond donors (Lipinski definition) is 1. The molecular weight excluding hydrogens is 358 g/mol. The van der Waals surface area contributed by atoms with Crippen molar-refractivity contribution in [3.05, 3.63) is 47.5 Å². The van der Waals surface area contributed by atoms with Gasteiger partial charge in [0.1, 0.15) is 6.54 Å². The predicted octanol–water partition coefficient (Wildman–Crippen LogP) is 3.20. The molecule has 28 heavy (non-hydrogen) atoms. The number of amides is 3. The molecule has 0 spiro atoms. The highest BCUT2D eigenvalue weighted by molar-refractivity contribution is 5.99. The highest BCUT2D eigenvalue weighted by Crippen LogP contribution is 2.32. The fourth-order valence-electron chi connectivity index (χ4n) is 3.20. The van der Waals surface area contributed by atoms with Crippen molar-refractivity contribution in [1.82, 2.24) is 4.90 Å². The van der Waals surface area contributed by atoms with Crippen LogP contribution in [0.15, 0.2) is 36.4 Å². The number of nitrogens with zero attached hydrogens (tertiary/aromatic N) is 2. The second-order valence-corrected chi connectivity index (χ2v) is 6.76. The third-order valence-electron chi connectivity index (χ3n) is 4.78. The Morgan fingerprint density at radius 2 is 1.79 bits per heavy atom. The lowest BCUT2D eigenvalue weighted by Gasteiger charge is -2.20. The predicted molar refractivity (Wildman–Crippen MR) is 108 cm³/mol. The van der Waals surface area contributed by atoms with Gasteiger partial charge in [0.25, 0.3) is 0 Å². The Labute approximate surface area is 164 Å². The molecule has 1 saturated heterocycles. The van der Waals surface area contributed by atoms with Gasteiger partial charge in [-0.15, -0.1) is 0 Å². The fraction of sp³-hybridized carbons (Fsp3) is 0.333. The molecule has 2 aromatic rings. The van der Waals surface area contributed by atoms with E-state index >= 15 is 0 Å². The van der Waals surface area contributed by atoms with Crippen molar-refractivity contribution >= 4 is 23.3 Å². The van der Waals surface area contributed by atoms with Crippen molar-refractivity contribution in [1.29, 1.82) is 0 Å². The molecule has 1 aliphatic heterocycles. The van der Waals surface area contributed by atoms with Gasteiger partial charge in [0, 0.05) is 30.5 Å². The van der Waals surface area contributed by atoms with Gasteiger partial charge in [0.2, 0.25) is 5.91 Å². The SMILES string of the molecule is COc1ccc(N2CCN(CC(=O)Nc3cc(C)ccc3C)C2=O)cc1OC. The van der Waals surface area contributed by atoms with Crippen LogP contribution in [0.3, 0.4) is 0 Å². The van der Waals surface area contributed by atoms with Gasteiger partial charge in [-0.05, 0) is 43.2 Å². The molecule has 7 nitrogen and oxygen atoms in total. The first-order valence-corrected chi connectivity index (χ1v) is 9.08. The Hall–Kier alpha value is -3.22. The number of anilines is 2. The van der Waals surface area contributed by atoms with Crippen molar-refractivity contribution in [2.24, 2.45) is 0 Å². The van der Waals surface area contributed by atoms with Crippen molar-refractivity contribution < 1.29 is 19.1 Å². The van der Waals surface area contributed by atoms with Crippen LogP contribution in [0, 0.1) is 13.8 Å². The zero-order valence-corrected chi connectivity index (χ0v) is 16.6. The van der Waals surface area contributed by atoms with Gasteiger partial charge in [0.15, 0.2) is 11.5 Å². The van der Waals surface area contributed by atoms with Crippen molar-refractivity contribution in [2.75, 3.05) is 44.1 Å². The van der Waals surface area contributed by atoms with E-state index in [9.17, 15) is 9.59 Å². The molecule has 7 heteroatoms. The van der Waals surface area contributed by atoms with Crippen LogP contribution in [0.25, 0.3) is 0 Å². The number of carbonyl (C=O) groups excluding carboxylic acids is 2. The van der Waals surface area contributed by atoms with Crippen LogP contribution >= 0.6 is 0 Å².